The highest BCUT2D eigenvalue weighted by atomic mass is 16.5. The summed E-state index contributed by atoms with van der Waals surface area (Å²) in [7, 11) is 1.63. The molecule has 4 rings (SSSR count). The lowest BCUT2D eigenvalue weighted by atomic mass is 10.0. The van der Waals surface area contributed by atoms with Crippen molar-refractivity contribution in [3.63, 3.8) is 0 Å². The molecule has 0 unspecified atom stereocenters. The van der Waals surface area contributed by atoms with E-state index in [1.807, 2.05) is 6.07 Å². The smallest absolute Gasteiger partial charge is 0.270 e. The van der Waals surface area contributed by atoms with Crippen molar-refractivity contribution >= 4 is 0 Å². The molecule has 0 radical (unpaired) electrons. The molecule has 1 aromatic carbocycles. The number of ether oxygens (including phenoxy) is 1. The molecular formula is C20H25N3O2. The fourth-order valence-corrected chi connectivity index (χ4v) is 4.06. The van der Waals surface area contributed by atoms with Gasteiger partial charge in [0, 0.05) is 32.2 Å². The Kier molecular flexibility index (Phi) is 4.57. The maximum atomic E-state index is 11.7. The van der Waals surface area contributed by atoms with Crippen molar-refractivity contribution < 1.29 is 4.74 Å². The molecule has 0 bridgehead atoms. The summed E-state index contributed by atoms with van der Waals surface area (Å²) in [4.78, 5) is 14.4. The molecule has 132 valence electrons. The Labute approximate surface area is 148 Å². The van der Waals surface area contributed by atoms with Gasteiger partial charge < -0.3 is 4.74 Å². The molecule has 0 N–H and O–H groups in total. The number of hydrogen-bond acceptors (Lipinski definition) is 4. The minimum absolute atomic E-state index is 0.167. The fraction of sp³-hybridized carbons (Fsp3) is 0.500. The van der Waals surface area contributed by atoms with Crippen LogP contribution in [-0.2, 0) is 19.9 Å². The van der Waals surface area contributed by atoms with E-state index >= 15 is 0 Å². The Balaban J connectivity index is 1.49. The van der Waals surface area contributed by atoms with Crippen LogP contribution < -0.4 is 10.3 Å². The van der Waals surface area contributed by atoms with E-state index < -0.39 is 0 Å². The molecule has 5 heteroatoms. The summed E-state index contributed by atoms with van der Waals surface area (Å²) in [6.45, 7) is 2.30. The van der Waals surface area contributed by atoms with E-state index in [-0.39, 0.29) is 5.56 Å². The van der Waals surface area contributed by atoms with Crippen LogP contribution in [0.15, 0.2) is 35.3 Å². The lowest BCUT2D eigenvalue weighted by Gasteiger charge is -2.26. The number of aryl methyl sites for hydroxylation is 1. The van der Waals surface area contributed by atoms with Crippen molar-refractivity contribution in [1.82, 2.24) is 14.7 Å². The monoisotopic (exact) mass is 339 g/mol. The molecule has 2 aromatic rings. The number of fused-ring (bicyclic) bond motifs is 1. The van der Waals surface area contributed by atoms with Gasteiger partial charge in [0.15, 0.2) is 5.75 Å². The first-order valence-corrected chi connectivity index (χ1v) is 9.26. The summed E-state index contributed by atoms with van der Waals surface area (Å²) < 4.78 is 7.15. The third-order valence-corrected chi connectivity index (χ3v) is 5.53. The van der Waals surface area contributed by atoms with Crippen molar-refractivity contribution in [1.29, 1.82) is 0 Å². The van der Waals surface area contributed by atoms with Gasteiger partial charge in [-0.3, -0.25) is 9.69 Å². The average molecular weight is 339 g/mol. The highest BCUT2D eigenvalue weighted by Crippen LogP contribution is 2.28. The minimum atomic E-state index is -0.167. The van der Waals surface area contributed by atoms with Gasteiger partial charge in [0.2, 0.25) is 0 Å². The van der Waals surface area contributed by atoms with Gasteiger partial charge >= 0.3 is 0 Å². The highest BCUT2D eigenvalue weighted by molar-refractivity contribution is 5.39. The normalized spacial score (nSPS) is 18.8. The van der Waals surface area contributed by atoms with Crippen LogP contribution in [0.1, 0.15) is 36.8 Å². The van der Waals surface area contributed by atoms with Crippen LogP contribution >= 0.6 is 0 Å². The Morgan fingerprint density at radius 3 is 2.56 bits per heavy atom. The fourth-order valence-electron chi connectivity index (χ4n) is 4.06. The van der Waals surface area contributed by atoms with Crippen LogP contribution in [0.2, 0.25) is 0 Å². The van der Waals surface area contributed by atoms with E-state index in [0.717, 1.165) is 37.7 Å². The zero-order chi connectivity index (χ0) is 17.2. The Morgan fingerprint density at radius 2 is 1.80 bits per heavy atom. The van der Waals surface area contributed by atoms with Gasteiger partial charge in [0.25, 0.3) is 5.56 Å². The predicted molar refractivity (Wildman–Crippen MR) is 97.2 cm³/mol. The maximum Gasteiger partial charge on any atom is 0.270 e. The third kappa shape index (κ3) is 3.61. The lowest BCUT2D eigenvalue weighted by Crippen LogP contribution is -2.35. The second-order valence-electron chi connectivity index (χ2n) is 7.16. The quantitative estimate of drug-likeness (QED) is 0.863. The second-order valence-corrected chi connectivity index (χ2v) is 7.16. The molecule has 0 atom stereocenters. The SMILES string of the molecule is Cn1ncc(Oc2ccc3c(c2)CCN(C2CCCC2)CC3)cc1=O. The number of nitrogens with zero attached hydrogens (tertiary/aromatic N) is 3. The molecule has 1 aliphatic carbocycles. The Hall–Kier alpha value is -2.14. The van der Waals surface area contributed by atoms with Gasteiger partial charge in [-0.15, -0.1) is 0 Å². The molecule has 25 heavy (non-hydrogen) atoms. The molecule has 1 aromatic heterocycles. The van der Waals surface area contributed by atoms with Crippen molar-refractivity contribution in [2.45, 2.75) is 44.6 Å². The van der Waals surface area contributed by atoms with Crippen LogP contribution in [-0.4, -0.2) is 33.8 Å². The molecule has 5 nitrogen and oxygen atoms in total. The minimum Gasteiger partial charge on any atom is -0.455 e. The maximum absolute atomic E-state index is 11.7. The summed E-state index contributed by atoms with van der Waals surface area (Å²) in [5.41, 5.74) is 2.63. The van der Waals surface area contributed by atoms with E-state index in [9.17, 15) is 4.79 Å². The highest BCUT2D eigenvalue weighted by Gasteiger charge is 2.24. The van der Waals surface area contributed by atoms with Gasteiger partial charge in [-0.25, -0.2) is 4.68 Å². The molecule has 1 fully saturated rings. The summed E-state index contributed by atoms with van der Waals surface area (Å²) in [6.07, 6.45) is 9.25. The van der Waals surface area contributed by atoms with Crippen LogP contribution in [0, 0.1) is 0 Å². The second kappa shape index (κ2) is 7.00. The van der Waals surface area contributed by atoms with E-state index in [1.165, 1.54) is 47.6 Å². The van der Waals surface area contributed by atoms with Crippen LogP contribution in [0.3, 0.4) is 0 Å². The van der Waals surface area contributed by atoms with E-state index in [2.05, 4.69) is 22.1 Å². The Morgan fingerprint density at radius 1 is 1.04 bits per heavy atom. The molecule has 2 aliphatic rings. The van der Waals surface area contributed by atoms with Crippen LogP contribution in [0.4, 0.5) is 0 Å². The summed E-state index contributed by atoms with van der Waals surface area (Å²) in [5, 5.41) is 4.00. The van der Waals surface area contributed by atoms with Crippen LogP contribution in [0.25, 0.3) is 0 Å². The number of rotatable bonds is 3. The van der Waals surface area contributed by atoms with Crippen molar-refractivity contribution in [3.05, 3.63) is 51.9 Å². The summed E-state index contributed by atoms with van der Waals surface area (Å²) in [5.74, 6) is 1.27. The van der Waals surface area contributed by atoms with Gasteiger partial charge in [0.05, 0.1) is 6.20 Å². The molecule has 0 saturated heterocycles. The Bertz CT molecular complexity index is 809. The zero-order valence-electron chi connectivity index (χ0n) is 14.8. The molecular weight excluding hydrogens is 314 g/mol. The first kappa shape index (κ1) is 16.3. The van der Waals surface area contributed by atoms with E-state index in [1.54, 1.807) is 13.2 Å². The van der Waals surface area contributed by atoms with E-state index in [4.69, 9.17) is 4.74 Å². The van der Waals surface area contributed by atoms with E-state index in [0.29, 0.717) is 5.75 Å². The van der Waals surface area contributed by atoms with Gasteiger partial charge in [-0.2, -0.15) is 5.10 Å². The third-order valence-electron chi connectivity index (χ3n) is 5.53. The predicted octanol–water partition coefficient (Wildman–Crippen LogP) is 2.92. The van der Waals surface area contributed by atoms with Gasteiger partial charge in [-0.05, 0) is 48.9 Å². The largest absolute Gasteiger partial charge is 0.455 e. The van der Waals surface area contributed by atoms with Crippen molar-refractivity contribution in [3.8, 4) is 11.5 Å². The zero-order valence-corrected chi connectivity index (χ0v) is 14.8. The summed E-state index contributed by atoms with van der Waals surface area (Å²) in [6, 6.07) is 8.57. The van der Waals surface area contributed by atoms with Crippen LogP contribution in [0.5, 0.6) is 11.5 Å². The molecule has 1 aliphatic heterocycles. The first-order chi connectivity index (χ1) is 12.2. The van der Waals surface area contributed by atoms with Crippen molar-refractivity contribution in [2.75, 3.05) is 13.1 Å². The topological polar surface area (TPSA) is 47.4 Å². The number of hydrogen-bond donors (Lipinski definition) is 0. The molecule has 1 saturated carbocycles. The van der Waals surface area contributed by atoms with Crippen molar-refractivity contribution in [2.24, 2.45) is 7.05 Å². The lowest BCUT2D eigenvalue weighted by molar-refractivity contribution is 0.208. The summed E-state index contributed by atoms with van der Waals surface area (Å²) >= 11 is 0. The standard InChI is InChI=1S/C20H25N3O2/c1-22-20(24)13-19(14-21-22)25-18-7-6-15-8-10-23(11-9-16(15)12-18)17-4-2-3-5-17/h6-7,12-14,17H,2-5,8-11H2,1H3. The average Bonchev–Trinajstić information content (AvgIpc) is 3.06. The first-order valence-electron chi connectivity index (χ1n) is 9.26. The molecule has 0 amide bonds. The molecule has 2 heterocycles. The molecule has 0 spiro atoms. The van der Waals surface area contributed by atoms with Gasteiger partial charge in [0.1, 0.15) is 5.75 Å². The van der Waals surface area contributed by atoms with Gasteiger partial charge in [-0.1, -0.05) is 18.9 Å². The number of aromatic nitrogens is 2. The number of benzene rings is 1.